The molecule has 28 heavy (non-hydrogen) atoms. The number of carbonyl (C=O) groups is 1. The second kappa shape index (κ2) is 11.5. The van der Waals surface area contributed by atoms with E-state index in [0.29, 0.717) is 19.6 Å². The number of amides is 1. The Labute approximate surface area is 164 Å². The van der Waals surface area contributed by atoms with Gasteiger partial charge >= 0.3 is 0 Å². The van der Waals surface area contributed by atoms with E-state index in [1.807, 2.05) is 36.4 Å². The molecule has 4 nitrogen and oxygen atoms in total. The van der Waals surface area contributed by atoms with Gasteiger partial charge in [-0.3, -0.25) is 4.79 Å². The lowest BCUT2D eigenvalue weighted by Gasteiger charge is -2.32. The third-order valence-corrected chi connectivity index (χ3v) is 4.59. The van der Waals surface area contributed by atoms with Crippen LogP contribution in [0, 0.1) is 5.92 Å². The molecule has 0 saturated carbocycles. The van der Waals surface area contributed by atoms with Crippen LogP contribution in [0.5, 0.6) is 0 Å². The molecule has 0 aliphatic rings. The number of aliphatic hydroxyl groups is 1. The van der Waals surface area contributed by atoms with E-state index in [-0.39, 0.29) is 6.54 Å². The highest BCUT2D eigenvalue weighted by molar-refractivity contribution is 5.79. The fraction of sp³-hybridized carbons (Fsp3) is 0.409. The van der Waals surface area contributed by atoms with Crippen molar-refractivity contribution >= 4 is 5.91 Å². The fourth-order valence-electron chi connectivity index (χ4n) is 2.88. The molecule has 2 aromatic carbocycles. The number of benzene rings is 2. The van der Waals surface area contributed by atoms with Crippen LogP contribution in [0.4, 0.5) is 8.78 Å². The van der Waals surface area contributed by atoms with Gasteiger partial charge < -0.3 is 14.7 Å². The Morgan fingerprint density at radius 3 is 2.14 bits per heavy atom. The average Bonchev–Trinajstić information content (AvgIpc) is 2.71. The molecule has 152 valence electrons. The van der Waals surface area contributed by atoms with E-state index in [0.717, 1.165) is 16.0 Å². The number of nitrogens with zero attached hydrogens (tertiary/aromatic N) is 1. The smallest absolute Gasteiger partial charge is 0.260 e. The summed E-state index contributed by atoms with van der Waals surface area (Å²) in [6.45, 7) is 1.73. The first-order valence-electron chi connectivity index (χ1n) is 9.38. The summed E-state index contributed by atoms with van der Waals surface area (Å²) >= 11 is 0. The fourth-order valence-corrected chi connectivity index (χ4v) is 2.88. The summed E-state index contributed by atoms with van der Waals surface area (Å²) in [6, 6.07) is 17.1. The molecule has 0 aliphatic carbocycles. The summed E-state index contributed by atoms with van der Waals surface area (Å²) < 4.78 is 32.4. The van der Waals surface area contributed by atoms with Gasteiger partial charge in [0.05, 0.1) is 13.2 Å². The summed E-state index contributed by atoms with van der Waals surface area (Å²) in [5.74, 6) is -0.904. The summed E-state index contributed by atoms with van der Waals surface area (Å²) in [6.07, 6.45) is -2.41. The molecule has 0 fully saturated rings. The number of alkyl halides is 2. The van der Waals surface area contributed by atoms with E-state index in [1.165, 1.54) is 0 Å². The van der Waals surface area contributed by atoms with Crippen molar-refractivity contribution in [2.24, 2.45) is 5.92 Å². The molecule has 0 heterocycles. The largest absolute Gasteiger partial charge is 0.394 e. The third-order valence-electron chi connectivity index (χ3n) is 4.59. The first kappa shape index (κ1) is 22.0. The molecule has 2 rings (SSSR count). The Balaban J connectivity index is 1.95. The van der Waals surface area contributed by atoms with Gasteiger partial charge in [0.2, 0.25) is 5.91 Å². The molecule has 2 aromatic rings. The molecule has 2 atom stereocenters. The van der Waals surface area contributed by atoms with Gasteiger partial charge in [0.25, 0.3) is 6.43 Å². The maximum Gasteiger partial charge on any atom is 0.260 e. The van der Waals surface area contributed by atoms with Crippen molar-refractivity contribution in [1.29, 1.82) is 0 Å². The van der Waals surface area contributed by atoms with E-state index in [2.05, 4.69) is 0 Å². The molecule has 1 N–H and O–H groups in total. The van der Waals surface area contributed by atoms with Crippen LogP contribution in [-0.2, 0) is 22.7 Å². The normalized spacial score (nSPS) is 13.3. The lowest BCUT2D eigenvalue weighted by atomic mass is 10.0. The van der Waals surface area contributed by atoms with E-state index < -0.39 is 30.9 Å². The Morgan fingerprint density at radius 1 is 1.04 bits per heavy atom. The van der Waals surface area contributed by atoms with E-state index in [4.69, 9.17) is 4.74 Å². The van der Waals surface area contributed by atoms with Gasteiger partial charge in [-0.25, -0.2) is 8.78 Å². The summed E-state index contributed by atoms with van der Waals surface area (Å²) in [5, 5.41) is 9.42. The number of hydrogen-bond donors (Lipinski definition) is 1. The Bertz CT molecular complexity index is 697. The minimum atomic E-state index is -2.82. The Kier molecular flexibility index (Phi) is 9.04. The molecular weight excluding hydrogens is 364 g/mol. The molecule has 1 amide bonds. The SMILES string of the molecule is CC(CCOCc1ccccc1)C(=O)N(Cc1ccccc1)C(CO)C(F)F. The predicted molar refractivity (Wildman–Crippen MR) is 104 cm³/mol. The number of hydrogen-bond acceptors (Lipinski definition) is 3. The Hall–Kier alpha value is -2.31. The number of halogens is 2. The van der Waals surface area contributed by atoms with Crippen molar-refractivity contribution in [1.82, 2.24) is 4.90 Å². The van der Waals surface area contributed by atoms with Crippen molar-refractivity contribution in [2.45, 2.75) is 39.0 Å². The lowest BCUT2D eigenvalue weighted by molar-refractivity contribution is -0.144. The number of aliphatic hydroxyl groups excluding tert-OH is 1. The van der Waals surface area contributed by atoms with E-state index >= 15 is 0 Å². The van der Waals surface area contributed by atoms with Crippen LogP contribution in [0.2, 0.25) is 0 Å². The second-order valence-electron chi connectivity index (χ2n) is 6.76. The maximum absolute atomic E-state index is 13.4. The first-order chi connectivity index (χ1) is 13.5. The molecule has 0 spiro atoms. The van der Waals surface area contributed by atoms with Crippen LogP contribution < -0.4 is 0 Å². The topological polar surface area (TPSA) is 49.8 Å². The van der Waals surface area contributed by atoms with Crippen molar-refractivity contribution in [3.63, 3.8) is 0 Å². The highest BCUT2D eigenvalue weighted by atomic mass is 19.3. The number of ether oxygens (including phenoxy) is 1. The highest BCUT2D eigenvalue weighted by Gasteiger charge is 2.32. The third kappa shape index (κ3) is 6.69. The van der Waals surface area contributed by atoms with Crippen LogP contribution in [0.25, 0.3) is 0 Å². The van der Waals surface area contributed by atoms with Gasteiger partial charge in [-0.1, -0.05) is 67.6 Å². The zero-order chi connectivity index (χ0) is 20.4. The van der Waals surface area contributed by atoms with Crippen LogP contribution in [0.3, 0.4) is 0 Å². The predicted octanol–water partition coefficient (Wildman–Crippen LogP) is 3.88. The zero-order valence-electron chi connectivity index (χ0n) is 16.0. The highest BCUT2D eigenvalue weighted by Crippen LogP contribution is 2.19. The van der Waals surface area contributed by atoms with Crippen molar-refractivity contribution in [3.05, 3.63) is 71.8 Å². The lowest BCUT2D eigenvalue weighted by Crippen LogP contribution is -2.48. The summed E-state index contributed by atoms with van der Waals surface area (Å²) in [5.41, 5.74) is 1.77. The monoisotopic (exact) mass is 391 g/mol. The Morgan fingerprint density at radius 2 is 1.61 bits per heavy atom. The van der Waals surface area contributed by atoms with Gasteiger partial charge in [-0.15, -0.1) is 0 Å². The maximum atomic E-state index is 13.4. The van der Waals surface area contributed by atoms with Crippen molar-refractivity contribution in [2.75, 3.05) is 13.2 Å². The number of rotatable bonds is 11. The first-order valence-corrected chi connectivity index (χ1v) is 9.38. The van der Waals surface area contributed by atoms with Crippen LogP contribution >= 0.6 is 0 Å². The molecular formula is C22H27F2NO3. The van der Waals surface area contributed by atoms with Gasteiger partial charge in [-0.05, 0) is 17.5 Å². The zero-order valence-corrected chi connectivity index (χ0v) is 16.0. The van der Waals surface area contributed by atoms with Gasteiger partial charge in [-0.2, -0.15) is 0 Å². The van der Waals surface area contributed by atoms with Crippen LogP contribution in [0.1, 0.15) is 24.5 Å². The number of carbonyl (C=O) groups excluding carboxylic acids is 1. The second-order valence-corrected chi connectivity index (χ2v) is 6.76. The van der Waals surface area contributed by atoms with Crippen molar-refractivity contribution in [3.8, 4) is 0 Å². The molecule has 0 radical (unpaired) electrons. The van der Waals surface area contributed by atoms with E-state index in [1.54, 1.807) is 31.2 Å². The van der Waals surface area contributed by atoms with Gasteiger partial charge in [0.15, 0.2) is 0 Å². The molecule has 0 aliphatic heterocycles. The quantitative estimate of drug-likeness (QED) is 0.592. The summed E-state index contributed by atoms with van der Waals surface area (Å²) in [4.78, 5) is 13.9. The van der Waals surface area contributed by atoms with Crippen molar-refractivity contribution < 1.29 is 23.4 Å². The van der Waals surface area contributed by atoms with Gasteiger partial charge in [0.1, 0.15) is 6.04 Å². The van der Waals surface area contributed by atoms with Gasteiger partial charge in [0, 0.05) is 19.1 Å². The molecule has 0 aromatic heterocycles. The molecule has 0 saturated heterocycles. The molecule has 0 bridgehead atoms. The molecule has 6 heteroatoms. The standard InChI is InChI=1S/C22H27F2NO3/c1-17(12-13-28-16-19-10-6-3-7-11-19)22(27)25(20(15-26)21(23)24)14-18-8-4-2-5-9-18/h2-11,17,20-21,26H,12-16H2,1H3. The minimum absolute atomic E-state index is 0.0322. The average molecular weight is 391 g/mol. The summed E-state index contributed by atoms with van der Waals surface area (Å²) in [7, 11) is 0. The minimum Gasteiger partial charge on any atom is -0.394 e. The van der Waals surface area contributed by atoms with E-state index in [9.17, 15) is 18.7 Å². The van der Waals surface area contributed by atoms with Crippen LogP contribution in [0.15, 0.2) is 60.7 Å². The molecule has 2 unspecified atom stereocenters. The van der Waals surface area contributed by atoms with Crippen LogP contribution in [-0.4, -0.2) is 41.6 Å².